The smallest absolute Gasteiger partial charge is 0.211 e. The van der Waals surface area contributed by atoms with Crippen molar-refractivity contribution in [3.05, 3.63) is 12.2 Å². The van der Waals surface area contributed by atoms with E-state index >= 15 is 0 Å². The van der Waals surface area contributed by atoms with Crippen molar-refractivity contribution in [3.63, 3.8) is 0 Å². The fourth-order valence-corrected chi connectivity index (χ4v) is 0.855. The van der Waals surface area contributed by atoms with E-state index in [1.165, 1.54) is 6.08 Å². The van der Waals surface area contributed by atoms with Crippen LogP contribution in [0.5, 0.6) is 0 Å². The van der Waals surface area contributed by atoms with Crippen LogP contribution in [0, 0.1) is 0 Å². The predicted octanol–water partition coefficient (Wildman–Crippen LogP) is 0.815. The van der Waals surface area contributed by atoms with E-state index in [9.17, 15) is 4.79 Å². The van der Waals surface area contributed by atoms with Crippen LogP contribution >= 0.6 is 11.8 Å². The zero-order valence-electron chi connectivity index (χ0n) is 5.33. The summed E-state index contributed by atoms with van der Waals surface area (Å²) in [5.74, 6) is 0.489. The van der Waals surface area contributed by atoms with Gasteiger partial charge >= 0.3 is 0 Å². The summed E-state index contributed by atoms with van der Waals surface area (Å²) in [6, 6.07) is 0. The third kappa shape index (κ3) is 5.59. The molecule has 0 saturated carbocycles. The molecule has 0 aromatic carbocycles. The van der Waals surface area contributed by atoms with Crippen molar-refractivity contribution in [1.82, 2.24) is 0 Å². The minimum absolute atomic E-state index is 0.00606. The Labute approximate surface area is 59.0 Å². The lowest BCUT2D eigenvalue weighted by molar-refractivity contribution is -0.107. The van der Waals surface area contributed by atoms with Gasteiger partial charge in [-0.2, -0.15) is 0 Å². The summed E-state index contributed by atoms with van der Waals surface area (Å²) in [6.45, 7) is 1.85. The standard InChI is InChI=1S/C6H10O2S/c1-2-3-6(8)9-5-4-7/h2-3,7H,4-5H2,1H3. The molecule has 9 heavy (non-hydrogen) atoms. The summed E-state index contributed by atoms with van der Waals surface area (Å²) < 4.78 is 0. The van der Waals surface area contributed by atoms with Crippen LogP contribution in [0.2, 0.25) is 0 Å². The highest BCUT2D eigenvalue weighted by Crippen LogP contribution is 2.00. The molecular formula is C6H10O2S. The Morgan fingerprint density at radius 3 is 2.89 bits per heavy atom. The van der Waals surface area contributed by atoms with Gasteiger partial charge in [0.2, 0.25) is 5.12 Å². The highest BCUT2D eigenvalue weighted by molar-refractivity contribution is 8.14. The van der Waals surface area contributed by atoms with Crippen LogP contribution in [0.4, 0.5) is 0 Å². The molecular weight excluding hydrogens is 136 g/mol. The number of aliphatic hydroxyl groups is 1. The molecule has 0 heterocycles. The molecule has 0 saturated heterocycles. The van der Waals surface area contributed by atoms with Gasteiger partial charge in [0.15, 0.2) is 0 Å². The maximum Gasteiger partial charge on any atom is 0.211 e. The predicted molar refractivity (Wildman–Crippen MR) is 39.4 cm³/mol. The lowest BCUT2D eigenvalue weighted by Gasteiger charge is -1.88. The zero-order valence-corrected chi connectivity index (χ0v) is 6.15. The van der Waals surface area contributed by atoms with Gasteiger partial charge in [0, 0.05) is 5.75 Å². The fourth-order valence-electron chi connectivity index (χ4n) is 0.330. The van der Waals surface area contributed by atoms with E-state index in [4.69, 9.17) is 5.11 Å². The third-order valence-corrected chi connectivity index (χ3v) is 1.45. The van der Waals surface area contributed by atoms with Crippen LogP contribution in [0.3, 0.4) is 0 Å². The second-order valence-electron chi connectivity index (χ2n) is 1.39. The van der Waals surface area contributed by atoms with Crippen molar-refractivity contribution in [2.24, 2.45) is 0 Å². The molecule has 3 heteroatoms. The second-order valence-corrected chi connectivity index (χ2v) is 2.49. The van der Waals surface area contributed by atoms with Gasteiger partial charge in [0.05, 0.1) is 6.61 Å². The summed E-state index contributed by atoms with van der Waals surface area (Å²) >= 11 is 1.13. The van der Waals surface area contributed by atoms with Gasteiger partial charge in [0.1, 0.15) is 0 Å². The first-order valence-corrected chi connectivity index (χ1v) is 3.70. The molecule has 1 N–H and O–H groups in total. The molecule has 0 fully saturated rings. The summed E-state index contributed by atoms with van der Waals surface area (Å²) in [6.07, 6.45) is 3.17. The Morgan fingerprint density at radius 1 is 1.78 bits per heavy atom. The fraction of sp³-hybridized carbons (Fsp3) is 0.500. The van der Waals surface area contributed by atoms with Gasteiger partial charge in [0.25, 0.3) is 0 Å². The first-order valence-electron chi connectivity index (χ1n) is 2.71. The van der Waals surface area contributed by atoms with Crippen LogP contribution in [0.1, 0.15) is 6.92 Å². The summed E-state index contributed by atoms with van der Waals surface area (Å²) in [7, 11) is 0. The number of rotatable bonds is 3. The van der Waals surface area contributed by atoms with E-state index in [-0.39, 0.29) is 11.7 Å². The van der Waals surface area contributed by atoms with Gasteiger partial charge < -0.3 is 5.11 Å². The largest absolute Gasteiger partial charge is 0.396 e. The lowest BCUT2D eigenvalue weighted by Crippen LogP contribution is -1.91. The molecule has 0 aliphatic rings. The third-order valence-electron chi connectivity index (χ3n) is 0.638. The average molecular weight is 146 g/mol. The Morgan fingerprint density at radius 2 is 2.44 bits per heavy atom. The number of carbonyl (C=O) groups is 1. The minimum atomic E-state index is 0.00606. The molecule has 0 aliphatic carbocycles. The Hall–Kier alpha value is -0.280. The molecule has 0 unspecified atom stereocenters. The van der Waals surface area contributed by atoms with Crippen molar-refractivity contribution in [2.75, 3.05) is 12.4 Å². The number of thioether (sulfide) groups is 1. The summed E-state index contributed by atoms with van der Waals surface area (Å²) in [5.41, 5.74) is 0. The highest BCUT2D eigenvalue weighted by Gasteiger charge is 1.92. The van der Waals surface area contributed by atoms with Crippen LogP contribution in [-0.4, -0.2) is 22.6 Å². The number of hydrogen-bond donors (Lipinski definition) is 1. The molecule has 0 radical (unpaired) electrons. The van der Waals surface area contributed by atoms with E-state index in [1.54, 1.807) is 13.0 Å². The van der Waals surface area contributed by atoms with Crippen molar-refractivity contribution in [2.45, 2.75) is 6.92 Å². The van der Waals surface area contributed by atoms with Crippen molar-refractivity contribution >= 4 is 16.9 Å². The van der Waals surface area contributed by atoms with Crippen LogP contribution in [-0.2, 0) is 4.79 Å². The van der Waals surface area contributed by atoms with Gasteiger partial charge in [-0.15, -0.1) is 0 Å². The number of aliphatic hydroxyl groups excluding tert-OH is 1. The first kappa shape index (κ1) is 8.72. The number of hydrogen-bond acceptors (Lipinski definition) is 3. The van der Waals surface area contributed by atoms with Crippen LogP contribution in [0.25, 0.3) is 0 Å². The summed E-state index contributed by atoms with van der Waals surface area (Å²) in [4.78, 5) is 10.6. The van der Waals surface area contributed by atoms with E-state index in [2.05, 4.69) is 0 Å². The van der Waals surface area contributed by atoms with Crippen molar-refractivity contribution < 1.29 is 9.90 Å². The van der Waals surface area contributed by atoms with E-state index in [0.717, 1.165) is 11.8 Å². The van der Waals surface area contributed by atoms with Crippen LogP contribution in [0.15, 0.2) is 12.2 Å². The molecule has 0 rings (SSSR count). The topological polar surface area (TPSA) is 37.3 Å². The highest BCUT2D eigenvalue weighted by atomic mass is 32.2. The number of allylic oxidation sites excluding steroid dienone is 1. The zero-order chi connectivity index (χ0) is 7.11. The van der Waals surface area contributed by atoms with Gasteiger partial charge in [-0.3, -0.25) is 4.79 Å². The molecule has 0 bridgehead atoms. The lowest BCUT2D eigenvalue weighted by atomic mass is 10.6. The molecule has 0 amide bonds. The monoisotopic (exact) mass is 146 g/mol. The average Bonchev–Trinajstić information content (AvgIpc) is 1.85. The molecule has 52 valence electrons. The van der Waals surface area contributed by atoms with Gasteiger partial charge in [-0.25, -0.2) is 0 Å². The summed E-state index contributed by atoms with van der Waals surface area (Å²) in [5, 5.41) is 8.29. The van der Waals surface area contributed by atoms with Gasteiger partial charge in [-0.1, -0.05) is 17.8 Å². The quantitative estimate of drug-likeness (QED) is 0.599. The molecule has 0 aromatic heterocycles. The molecule has 0 aliphatic heterocycles. The minimum Gasteiger partial charge on any atom is -0.396 e. The molecule has 2 nitrogen and oxygen atoms in total. The van der Waals surface area contributed by atoms with E-state index in [1.807, 2.05) is 0 Å². The Balaban J connectivity index is 3.27. The van der Waals surface area contributed by atoms with Crippen LogP contribution < -0.4 is 0 Å². The normalized spacial score (nSPS) is 10.4. The van der Waals surface area contributed by atoms with Crippen molar-refractivity contribution in [1.29, 1.82) is 0 Å². The van der Waals surface area contributed by atoms with E-state index in [0.29, 0.717) is 5.75 Å². The van der Waals surface area contributed by atoms with E-state index < -0.39 is 0 Å². The maximum atomic E-state index is 10.6. The molecule has 0 aromatic rings. The Kier molecular flexibility index (Phi) is 5.67. The first-order chi connectivity index (χ1) is 4.31. The Bertz CT molecular complexity index is 110. The molecule has 0 atom stereocenters. The second kappa shape index (κ2) is 5.85. The van der Waals surface area contributed by atoms with Gasteiger partial charge in [-0.05, 0) is 13.0 Å². The maximum absolute atomic E-state index is 10.6. The SMILES string of the molecule is CC=CC(=O)SCCO. The number of carbonyl (C=O) groups excluding carboxylic acids is 1. The molecule has 0 spiro atoms. The van der Waals surface area contributed by atoms with Crippen molar-refractivity contribution in [3.8, 4) is 0 Å².